The molecule has 0 unspecified atom stereocenters. The SMILES string of the molecule is O=C(O)C(F)(F)F.O=C1NCCc2[nH]c(-c3ccnc(-c4cccc(F)c4)c3)c(F)c21. The Morgan fingerprint density at radius 2 is 1.81 bits per heavy atom. The van der Waals surface area contributed by atoms with Gasteiger partial charge in [0.1, 0.15) is 5.82 Å². The second-order valence-corrected chi connectivity index (χ2v) is 6.42. The van der Waals surface area contributed by atoms with Gasteiger partial charge in [-0.2, -0.15) is 13.2 Å². The van der Waals surface area contributed by atoms with E-state index in [1.165, 1.54) is 18.3 Å². The lowest BCUT2D eigenvalue weighted by Gasteiger charge is -2.11. The molecular weight excluding hydrogens is 425 g/mol. The van der Waals surface area contributed by atoms with Gasteiger partial charge in [-0.1, -0.05) is 12.1 Å². The Balaban J connectivity index is 0.000000339. The Hall–Kier alpha value is -3.76. The van der Waals surface area contributed by atoms with Crippen LogP contribution in [0.4, 0.5) is 22.0 Å². The molecule has 3 heterocycles. The zero-order valence-electron chi connectivity index (χ0n) is 15.6. The average Bonchev–Trinajstić information content (AvgIpc) is 3.06. The maximum Gasteiger partial charge on any atom is 0.490 e. The number of rotatable bonds is 2. The number of aromatic nitrogens is 2. The molecule has 1 aliphatic rings. The molecule has 0 saturated heterocycles. The van der Waals surface area contributed by atoms with E-state index in [-0.39, 0.29) is 17.1 Å². The van der Waals surface area contributed by atoms with Crippen LogP contribution < -0.4 is 5.32 Å². The number of hydrogen-bond acceptors (Lipinski definition) is 3. The molecule has 6 nitrogen and oxygen atoms in total. The van der Waals surface area contributed by atoms with Gasteiger partial charge in [-0.05, 0) is 24.3 Å². The van der Waals surface area contributed by atoms with E-state index in [0.29, 0.717) is 35.5 Å². The first-order valence-electron chi connectivity index (χ1n) is 8.79. The van der Waals surface area contributed by atoms with Crippen LogP contribution >= 0.6 is 0 Å². The Kier molecular flexibility index (Phi) is 6.04. The minimum Gasteiger partial charge on any atom is -0.475 e. The second-order valence-electron chi connectivity index (χ2n) is 6.42. The molecule has 2 aromatic heterocycles. The molecule has 0 atom stereocenters. The van der Waals surface area contributed by atoms with Crippen LogP contribution in [-0.4, -0.2) is 39.7 Å². The molecule has 1 aromatic carbocycles. The molecule has 1 aliphatic heterocycles. The summed E-state index contributed by atoms with van der Waals surface area (Å²) in [5.74, 6) is -4.10. The summed E-state index contributed by atoms with van der Waals surface area (Å²) in [5.41, 5.74) is 2.60. The van der Waals surface area contributed by atoms with Crippen molar-refractivity contribution in [2.45, 2.75) is 12.6 Å². The summed E-state index contributed by atoms with van der Waals surface area (Å²) in [6.45, 7) is 0.482. The Morgan fingerprint density at radius 3 is 2.42 bits per heavy atom. The van der Waals surface area contributed by atoms with Gasteiger partial charge in [0.15, 0.2) is 5.82 Å². The number of carbonyl (C=O) groups excluding carboxylic acids is 1. The highest BCUT2D eigenvalue weighted by Gasteiger charge is 2.38. The lowest BCUT2D eigenvalue weighted by molar-refractivity contribution is -0.192. The first kappa shape index (κ1) is 21.9. The first-order chi connectivity index (χ1) is 14.6. The molecule has 0 radical (unpaired) electrons. The van der Waals surface area contributed by atoms with Crippen molar-refractivity contribution in [2.24, 2.45) is 0 Å². The maximum atomic E-state index is 14.7. The average molecular weight is 439 g/mol. The Bertz CT molecular complexity index is 1140. The van der Waals surface area contributed by atoms with E-state index >= 15 is 0 Å². The highest BCUT2D eigenvalue weighted by molar-refractivity contribution is 5.98. The van der Waals surface area contributed by atoms with Gasteiger partial charge in [-0.25, -0.2) is 13.6 Å². The van der Waals surface area contributed by atoms with Crippen molar-refractivity contribution < 1.29 is 36.6 Å². The quantitative estimate of drug-likeness (QED) is 0.527. The van der Waals surface area contributed by atoms with E-state index < -0.39 is 23.9 Å². The van der Waals surface area contributed by atoms with Crippen LogP contribution in [-0.2, 0) is 11.2 Å². The number of hydrogen-bond donors (Lipinski definition) is 3. The van der Waals surface area contributed by atoms with Crippen molar-refractivity contribution in [1.29, 1.82) is 0 Å². The zero-order chi connectivity index (χ0) is 22.8. The number of carboxylic acid groups (broad SMARTS) is 1. The number of pyridine rings is 1. The van der Waals surface area contributed by atoms with Gasteiger partial charge in [0.25, 0.3) is 5.91 Å². The fourth-order valence-corrected chi connectivity index (χ4v) is 2.93. The molecule has 31 heavy (non-hydrogen) atoms. The summed E-state index contributed by atoms with van der Waals surface area (Å²) >= 11 is 0. The zero-order valence-corrected chi connectivity index (χ0v) is 15.6. The molecule has 0 aliphatic carbocycles. The smallest absolute Gasteiger partial charge is 0.475 e. The minimum atomic E-state index is -5.08. The number of aliphatic carboxylic acids is 1. The monoisotopic (exact) mass is 439 g/mol. The topological polar surface area (TPSA) is 95.1 Å². The molecule has 0 spiro atoms. The second kappa shape index (κ2) is 8.54. The lowest BCUT2D eigenvalue weighted by atomic mass is 10.1. The molecule has 4 rings (SSSR count). The molecule has 1 amide bonds. The molecule has 11 heteroatoms. The number of H-pyrrole nitrogens is 1. The summed E-state index contributed by atoms with van der Waals surface area (Å²) in [6, 6.07) is 9.38. The van der Waals surface area contributed by atoms with Crippen molar-refractivity contribution in [3.8, 4) is 22.5 Å². The number of nitrogens with zero attached hydrogens (tertiary/aromatic N) is 1. The van der Waals surface area contributed by atoms with Gasteiger partial charge >= 0.3 is 12.1 Å². The molecule has 3 N–H and O–H groups in total. The number of fused-ring (bicyclic) bond motifs is 1. The third-order valence-corrected chi connectivity index (χ3v) is 4.32. The number of nitrogens with one attached hydrogen (secondary N) is 2. The van der Waals surface area contributed by atoms with Crippen LogP contribution in [0, 0.1) is 11.6 Å². The molecule has 162 valence electrons. The van der Waals surface area contributed by atoms with E-state index in [1.807, 2.05) is 0 Å². The Labute approximate surface area is 171 Å². The number of carbonyl (C=O) groups is 2. The van der Waals surface area contributed by atoms with Gasteiger partial charge in [0.05, 0.1) is 17.0 Å². The van der Waals surface area contributed by atoms with Gasteiger partial charge in [0.2, 0.25) is 0 Å². The molecular formula is C20H14F5N3O3. The van der Waals surface area contributed by atoms with Crippen molar-refractivity contribution in [1.82, 2.24) is 15.3 Å². The summed E-state index contributed by atoms with van der Waals surface area (Å²) in [5, 5.41) is 9.76. The molecule has 0 saturated carbocycles. The lowest BCUT2D eigenvalue weighted by Crippen LogP contribution is -2.31. The van der Waals surface area contributed by atoms with E-state index in [1.54, 1.807) is 24.3 Å². The van der Waals surface area contributed by atoms with Crippen LogP contribution in [0.15, 0.2) is 42.6 Å². The summed E-state index contributed by atoms with van der Waals surface area (Å²) in [7, 11) is 0. The molecule has 0 fully saturated rings. The van der Waals surface area contributed by atoms with Gasteiger partial charge in [-0.3, -0.25) is 9.78 Å². The fourth-order valence-electron chi connectivity index (χ4n) is 2.93. The third-order valence-electron chi connectivity index (χ3n) is 4.32. The van der Waals surface area contributed by atoms with Crippen molar-refractivity contribution in [3.05, 3.63) is 65.5 Å². The predicted octanol–water partition coefficient (Wildman–Crippen LogP) is 3.94. The van der Waals surface area contributed by atoms with Crippen LogP contribution in [0.1, 0.15) is 16.1 Å². The van der Waals surface area contributed by atoms with Crippen molar-refractivity contribution in [3.63, 3.8) is 0 Å². The number of amides is 1. The van der Waals surface area contributed by atoms with E-state index in [0.717, 1.165) is 0 Å². The van der Waals surface area contributed by atoms with Crippen LogP contribution in [0.25, 0.3) is 22.5 Å². The van der Waals surface area contributed by atoms with Crippen LogP contribution in [0.5, 0.6) is 0 Å². The van der Waals surface area contributed by atoms with Gasteiger partial charge in [0, 0.05) is 36.0 Å². The van der Waals surface area contributed by atoms with Gasteiger partial charge in [-0.15, -0.1) is 0 Å². The number of halogens is 5. The van der Waals surface area contributed by atoms with Crippen molar-refractivity contribution in [2.75, 3.05) is 6.54 Å². The molecule has 0 bridgehead atoms. The molecule has 3 aromatic rings. The largest absolute Gasteiger partial charge is 0.490 e. The summed E-state index contributed by atoms with van der Waals surface area (Å²) in [4.78, 5) is 28.0. The van der Waals surface area contributed by atoms with Crippen LogP contribution in [0.3, 0.4) is 0 Å². The normalized spacial score (nSPS) is 13.0. The highest BCUT2D eigenvalue weighted by atomic mass is 19.4. The highest BCUT2D eigenvalue weighted by Crippen LogP contribution is 2.30. The fraction of sp³-hybridized carbons (Fsp3) is 0.150. The summed E-state index contributed by atoms with van der Waals surface area (Å²) < 4.78 is 59.8. The van der Waals surface area contributed by atoms with E-state index in [4.69, 9.17) is 9.90 Å². The van der Waals surface area contributed by atoms with Gasteiger partial charge < -0.3 is 15.4 Å². The predicted molar refractivity (Wildman–Crippen MR) is 99.1 cm³/mol. The van der Waals surface area contributed by atoms with E-state index in [2.05, 4.69) is 15.3 Å². The first-order valence-corrected chi connectivity index (χ1v) is 8.79. The number of benzene rings is 1. The third kappa shape index (κ3) is 4.87. The van der Waals surface area contributed by atoms with Crippen molar-refractivity contribution >= 4 is 11.9 Å². The minimum absolute atomic E-state index is 0.0698. The summed E-state index contributed by atoms with van der Waals surface area (Å²) in [6.07, 6.45) is -2.99. The standard InChI is InChI=1S/C18H13F2N3O.C2HF3O2/c19-12-3-1-2-10(8-12)14-9-11(4-6-21-14)17-16(20)15-13(23-17)5-7-22-18(15)24;3-2(4,5)1(6)7/h1-4,6,8-9,23H,5,7H2,(H,22,24);(H,6,7). The number of alkyl halides is 3. The number of aromatic amines is 1. The number of carboxylic acids is 1. The maximum absolute atomic E-state index is 14.7. The van der Waals surface area contributed by atoms with Crippen LogP contribution in [0.2, 0.25) is 0 Å². The Morgan fingerprint density at radius 1 is 1.10 bits per heavy atom. The van der Waals surface area contributed by atoms with E-state index in [9.17, 15) is 26.7 Å².